The third-order valence-corrected chi connectivity index (χ3v) is 4.96. The van der Waals surface area contributed by atoms with Crippen LogP contribution in [0.4, 0.5) is 0 Å². The van der Waals surface area contributed by atoms with Gasteiger partial charge in [-0.1, -0.05) is 25.1 Å². The number of hydrogen-bond acceptors (Lipinski definition) is 5. The van der Waals surface area contributed by atoms with Crippen molar-refractivity contribution in [1.29, 1.82) is 0 Å². The number of carbonyl (C=O) groups is 1. The Balaban J connectivity index is 1.52. The molecule has 1 fully saturated rings. The number of carbonyl (C=O) groups excluding carboxylic acids is 1. The van der Waals surface area contributed by atoms with Gasteiger partial charge in [0.1, 0.15) is 0 Å². The summed E-state index contributed by atoms with van der Waals surface area (Å²) in [5.41, 5.74) is 0. The highest BCUT2D eigenvalue weighted by Gasteiger charge is 2.25. The van der Waals surface area contributed by atoms with Crippen molar-refractivity contribution in [2.45, 2.75) is 39.0 Å². The zero-order chi connectivity index (χ0) is 15.5. The van der Waals surface area contributed by atoms with Crippen LogP contribution in [0.15, 0.2) is 22.0 Å². The average Bonchev–Trinajstić information content (AvgIpc) is 3.19. The van der Waals surface area contributed by atoms with Crippen molar-refractivity contribution in [1.82, 2.24) is 15.0 Å². The topological polar surface area (TPSA) is 59.2 Å². The summed E-state index contributed by atoms with van der Waals surface area (Å²) >= 11 is 1.51. The molecule has 0 atom stereocenters. The number of hydrogen-bond donors (Lipinski definition) is 0. The van der Waals surface area contributed by atoms with E-state index in [1.165, 1.54) is 11.3 Å². The minimum Gasteiger partial charge on any atom is -0.339 e. The smallest absolute Gasteiger partial charge is 0.263 e. The lowest BCUT2D eigenvalue weighted by Crippen LogP contribution is -2.38. The number of likely N-dealkylation sites (tertiary alicyclic amines) is 1. The SMILES string of the molecule is CC(C)c1noc(CC2CCN(C(=O)c3cccs3)CC2)n1. The Morgan fingerprint density at radius 1 is 1.45 bits per heavy atom. The Hall–Kier alpha value is -1.69. The van der Waals surface area contributed by atoms with E-state index in [0.717, 1.165) is 48.9 Å². The molecule has 1 amide bonds. The first-order chi connectivity index (χ1) is 10.6. The normalized spacial score (nSPS) is 16.4. The molecule has 0 aliphatic carbocycles. The molecular formula is C16H21N3O2S. The fourth-order valence-electron chi connectivity index (χ4n) is 2.73. The first-order valence-electron chi connectivity index (χ1n) is 7.78. The highest BCUT2D eigenvalue weighted by molar-refractivity contribution is 7.12. The molecule has 0 saturated carbocycles. The van der Waals surface area contributed by atoms with E-state index in [2.05, 4.69) is 24.0 Å². The van der Waals surface area contributed by atoms with Crippen LogP contribution in [0.1, 0.15) is 54.0 Å². The summed E-state index contributed by atoms with van der Waals surface area (Å²) in [7, 11) is 0. The van der Waals surface area contributed by atoms with E-state index in [0.29, 0.717) is 11.8 Å². The van der Waals surface area contributed by atoms with Crippen LogP contribution in [0.5, 0.6) is 0 Å². The maximum Gasteiger partial charge on any atom is 0.263 e. The summed E-state index contributed by atoms with van der Waals surface area (Å²) in [5, 5.41) is 5.96. The van der Waals surface area contributed by atoms with E-state index in [1.54, 1.807) is 0 Å². The second-order valence-electron chi connectivity index (χ2n) is 6.12. The minimum absolute atomic E-state index is 0.160. The summed E-state index contributed by atoms with van der Waals surface area (Å²) in [4.78, 5) is 19.5. The fraction of sp³-hybridized carbons (Fsp3) is 0.562. The molecular weight excluding hydrogens is 298 g/mol. The number of thiophene rings is 1. The Bertz CT molecular complexity index is 613. The standard InChI is InChI=1S/C16H21N3O2S/c1-11(2)15-17-14(21-18-15)10-12-5-7-19(8-6-12)16(20)13-4-3-9-22-13/h3-4,9,11-12H,5-8,10H2,1-2H3. The van der Waals surface area contributed by atoms with Crippen molar-refractivity contribution in [3.63, 3.8) is 0 Å². The molecule has 3 rings (SSSR count). The quantitative estimate of drug-likeness (QED) is 0.867. The zero-order valence-corrected chi connectivity index (χ0v) is 13.8. The first kappa shape index (κ1) is 15.2. The van der Waals surface area contributed by atoms with Gasteiger partial charge in [-0.05, 0) is 30.2 Å². The number of aromatic nitrogens is 2. The van der Waals surface area contributed by atoms with Gasteiger partial charge in [-0.15, -0.1) is 11.3 Å². The lowest BCUT2D eigenvalue weighted by molar-refractivity contribution is 0.0692. The average molecular weight is 319 g/mol. The van der Waals surface area contributed by atoms with Crippen molar-refractivity contribution in [2.75, 3.05) is 13.1 Å². The zero-order valence-electron chi connectivity index (χ0n) is 13.0. The van der Waals surface area contributed by atoms with Crippen LogP contribution >= 0.6 is 11.3 Å². The third-order valence-electron chi connectivity index (χ3n) is 4.10. The van der Waals surface area contributed by atoms with Gasteiger partial charge < -0.3 is 9.42 Å². The molecule has 1 saturated heterocycles. The fourth-order valence-corrected chi connectivity index (χ4v) is 3.42. The van der Waals surface area contributed by atoms with Crippen molar-refractivity contribution >= 4 is 17.2 Å². The number of piperidine rings is 1. The highest BCUT2D eigenvalue weighted by atomic mass is 32.1. The van der Waals surface area contributed by atoms with Crippen LogP contribution in [0.2, 0.25) is 0 Å². The summed E-state index contributed by atoms with van der Waals surface area (Å²) in [6.45, 7) is 5.74. The van der Waals surface area contributed by atoms with E-state index in [4.69, 9.17) is 4.52 Å². The largest absolute Gasteiger partial charge is 0.339 e. The van der Waals surface area contributed by atoms with Gasteiger partial charge in [0.25, 0.3) is 5.91 Å². The molecule has 3 heterocycles. The highest BCUT2D eigenvalue weighted by Crippen LogP contribution is 2.24. The van der Waals surface area contributed by atoms with Crippen LogP contribution in [-0.2, 0) is 6.42 Å². The second kappa shape index (κ2) is 6.60. The van der Waals surface area contributed by atoms with Crippen LogP contribution in [0, 0.1) is 5.92 Å². The Morgan fingerprint density at radius 3 is 2.82 bits per heavy atom. The molecule has 2 aromatic heterocycles. The third kappa shape index (κ3) is 3.38. The molecule has 0 bridgehead atoms. The van der Waals surface area contributed by atoms with Gasteiger partial charge in [0.05, 0.1) is 4.88 Å². The van der Waals surface area contributed by atoms with E-state index in [9.17, 15) is 4.79 Å². The molecule has 6 heteroatoms. The van der Waals surface area contributed by atoms with Gasteiger partial charge in [0.15, 0.2) is 5.82 Å². The minimum atomic E-state index is 0.160. The predicted octanol–water partition coefficient (Wildman–Crippen LogP) is 3.35. The summed E-state index contributed by atoms with van der Waals surface area (Å²) in [6.07, 6.45) is 2.81. The lowest BCUT2D eigenvalue weighted by Gasteiger charge is -2.31. The van der Waals surface area contributed by atoms with Gasteiger partial charge in [-0.25, -0.2) is 0 Å². The van der Waals surface area contributed by atoms with Gasteiger partial charge in [0.2, 0.25) is 5.89 Å². The number of nitrogens with zero attached hydrogens (tertiary/aromatic N) is 3. The molecule has 0 spiro atoms. The molecule has 1 aliphatic heterocycles. The molecule has 5 nitrogen and oxygen atoms in total. The number of rotatable bonds is 4. The van der Waals surface area contributed by atoms with Crippen LogP contribution in [0.3, 0.4) is 0 Å². The van der Waals surface area contributed by atoms with Gasteiger partial charge >= 0.3 is 0 Å². The van der Waals surface area contributed by atoms with Crippen molar-refractivity contribution in [3.05, 3.63) is 34.1 Å². The molecule has 0 N–H and O–H groups in total. The second-order valence-corrected chi connectivity index (χ2v) is 7.07. The van der Waals surface area contributed by atoms with Crippen molar-refractivity contribution < 1.29 is 9.32 Å². The summed E-state index contributed by atoms with van der Waals surface area (Å²) in [5.74, 6) is 2.48. The van der Waals surface area contributed by atoms with E-state index >= 15 is 0 Å². The molecule has 2 aromatic rings. The lowest BCUT2D eigenvalue weighted by atomic mass is 9.93. The Labute approximate surface area is 134 Å². The van der Waals surface area contributed by atoms with Crippen LogP contribution < -0.4 is 0 Å². The van der Waals surface area contributed by atoms with Crippen LogP contribution in [-0.4, -0.2) is 34.0 Å². The molecule has 0 aromatic carbocycles. The molecule has 0 unspecified atom stereocenters. The van der Waals surface area contributed by atoms with Gasteiger partial charge in [-0.3, -0.25) is 4.79 Å². The summed E-state index contributed by atoms with van der Waals surface area (Å²) in [6, 6.07) is 3.82. The van der Waals surface area contributed by atoms with E-state index in [1.807, 2.05) is 22.4 Å². The maximum atomic E-state index is 12.3. The Morgan fingerprint density at radius 2 is 2.23 bits per heavy atom. The molecule has 0 radical (unpaired) electrons. The van der Waals surface area contributed by atoms with Crippen LogP contribution in [0.25, 0.3) is 0 Å². The van der Waals surface area contributed by atoms with Gasteiger partial charge in [-0.2, -0.15) is 4.98 Å². The Kier molecular flexibility index (Phi) is 4.57. The monoisotopic (exact) mass is 319 g/mol. The van der Waals surface area contributed by atoms with E-state index < -0.39 is 0 Å². The first-order valence-corrected chi connectivity index (χ1v) is 8.66. The molecule has 22 heavy (non-hydrogen) atoms. The molecule has 1 aliphatic rings. The molecule has 118 valence electrons. The predicted molar refractivity (Wildman–Crippen MR) is 85.0 cm³/mol. The summed E-state index contributed by atoms with van der Waals surface area (Å²) < 4.78 is 5.32. The van der Waals surface area contributed by atoms with E-state index in [-0.39, 0.29) is 5.91 Å². The maximum absolute atomic E-state index is 12.3. The van der Waals surface area contributed by atoms with Gasteiger partial charge in [0, 0.05) is 25.4 Å². The van der Waals surface area contributed by atoms with Crippen molar-refractivity contribution in [3.8, 4) is 0 Å². The van der Waals surface area contributed by atoms with Crippen molar-refractivity contribution in [2.24, 2.45) is 5.92 Å². The number of amides is 1.